The van der Waals surface area contributed by atoms with E-state index >= 15 is 0 Å². The lowest BCUT2D eigenvalue weighted by molar-refractivity contribution is 0.101. The zero-order valence-corrected chi connectivity index (χ0v) is 7.43. The third kappa shape index (κ3) is 1.66. The van der Waals surface area contributed by atoms with Crippen molar-refractivity contribution in [1.82, 2.24) is 0 Å². The van der Waals surface area contributed by atoms with Crippen molar-refractivity contribution in [3.8, 4) is 11.5 Å². The van der Waals surface area contributed by atoms with Crippen molar-refractivity contribution in [3.63, 3.8) is 0 Å². The van der Waals surface area contributed by atoms with Gasteiger partial charge >= 0.3 is 0 Å². The first-order valence-corrected chi connectivity index (χ1v) is 3.81. The second-order valence-corrected chi connectivity index (χ2v) is 2.70. The molecule has 0 radical (unpaired) electrons. The molecule has 1 rings (SSSR count). The molecule has 3 N–H and O–H groups in total. The van der Waals surface area contributed by atoms with Gasteiger partial charge in [0.15, 0.2) is 5.78 Å². The van der Waals surface area contributed by atoms with E-state index in [9.17, 15) is 15.0 Å². The van der Waals surface area contributed by atoms with E-state index < -0.39 is 5.75 Å². The highest BCUT2D eigenvalue weighted by Gasteiger charge is 2.13. The molecular formula is C9H9NO4. The van der Waals surface area contributed by atoms with Gasteiger partial charge in [0, 0.05) is 0 Å². The molecule has 0 aliphatic carbocycles. The summed E-state index contributed by atoms with van der Waals surface area (Å²) >= 11 is 0. The monoisotopic (exact) mass is 195 g/mol. The number of phenolic OH excluding ortho intramolecular Hbond substituents is 2. The molecule has 0 bridgehead atoms. The van der Waals surface area contributed by atoms with Crippen molar-refractivity contribution in [2.45, 2.75) is 6.92 Å². The fourth-order valence-corrected chi connectivity index (χ4v) is 1.07. The number of ketones is 1. The normalized spacial score (nSPS) is 10.6. The van der Waals surface area contributed by atoms with E-state index in [2.05, 4.69) is 5.16 Å². The third-order valence-electron chi connectivity index (χ3n) is 1.76. The minimum Gasteiger partial charge on any atom is -0.507 e. The number of benzene rings is 1. The molecule has 0 aliphatic heterocycles. The number of nitrogens with zero attached hydrogens (tertiary/aromatic N) is 1. The summed E-state index contributed by atoms with van der Waals surface area (Å²) in [6.45, 7) is 1.28. The first-order valence-electron chi connectivity index (χ1n) is 3.81. The highest BCUT2D eigenvalue weighted by atomic mass is 16.4. The molecule has 0 amide bonds. The van der Waals surface area contributed by atoms with E-state index in [1.807, 2.05) is 0 Å². The van der Waals surface area contributed by atoms with Crippen LogP contribution in [0.3, 0.4) is 0 Å². The van der Waals surface area contributed by atoms with E-state index in [0.717, 1.165) is 6.21 Å². The number of oxime groups is 1. The van der Waals surface area contributed by atoms with Gasteiger partial charge in [-0.2, -0.15) is 0 Å². The predicted molar refractivity (Wildman–Crippen MR) is 49.2 cm³/mol. The zero-order valence-electron chi connectivity index (χ0n) is 7.43. The standard InChI is InChI=1S/C9H9NO4/c1-5(11)6-2-3-8(12)7(4-10-14)9(6)13/h2-4,12-14H,1H3/b10-4+. The molecule has 5 heteroatoms. The molecule has 0 spiro atoms. The maximum Gasteiger partial charge on any atom is 0.163 e. The van der Waals surface area contributed by atoms with E-state index in [0.29, 0.717) is 0 Å². The molecule has 1 aromatic rings. The van der Waals surface area contributed by atoms with Gasteiger partial charge in [0.1, 0.15) is 11.5 Å². The van der Waals surface area contributed by atoms with Gasteiger partial charge in [-0.25, -0.2) is 0 Å². The Bertz CT molecular complexity index is 398. The molecule has 0 unspecified atom stereocenters. The van der Waals surface area contributed by atoms with E-state index in [1.54, 1.807) is 0 Å². The molecule has 0 atom stereocenters. The number of carbonyl (C=O) groups is 1. The van der Waals surface area contributed by atoms with Crippen LogP contribution in [0.15, 0.2) is 17.3 Å². The number of carbonyl (C=O) groups excluding carboxylic acids is 1. The number of aromatic hydroxyl groups is 2. The minimum absolute atomic E-state index is 0.0673. The summed E-state index contributed by atoms with van der Waals surface area (Å²) in [6, 6.07) is 2.54. The Morgan fingerprint density at radius 1 is 1.43 bits per heavy atom. The summed E-state index contributed by atoms with van der Waals surface area (Å²) in [5.41, 5.74) is -0.0158. The van der Waals surface area contributed by atoms with Gasteiger partial charge in [-0.15, -0.1) is 0 Å². The summed E-state index contributed by atoms with van der Waals surface area (Å²) in [4.78, 5) is 11.0. The molecule has 0 heterocycles. The van der Waals surface area contributed by atoms with Crippen LogP contribution in [0.25, 0.3) is 0 Å². The lowest BCUT2D eigenvalue weighted by Gasteiger charge is -2.05. The van der Waals surface area contributed by atoms with Crippen molar-refractivity contribution in [2.24, 2.45) is 5.16 Å². The molecule has 0 aromatic heterocycles. The lowest BCUT2D eigenvalue weighted by atomic mass is 10.1. The average molecular weight is 195 g/mol. The maximum absolute atomic E-state index is 11.0. The fraction of sp³-hybridized carbons (Fsp3) is 0.111. The Morgan fingerprint density at radius 3 is 2.57 bits per heavy atom. The van der Waals surface area contributed by atoms with Gasteiger partial charge in [0.25, 0.3) is 0 Å². The second-order valence-electron chi connectivity index (χ2n) is 2.70. The van der Waals surface area contributed by atoms with Crippen LogP contribution in [0.4, 0.5) is 0 Å². The summed E-state index contributed by atoms with van der Waals surface area (Å²) < 4.78 is 0. The van der Waals surface area contributed by atoms with Crippen molar-refractivity contribution < 1.29 is 20.2 Å². The van der Waals surface area contributed by atoms with Crippen LogP contribution in [0.5, 0.6) is 11.5 Å². The van der Waals surface area contributed by atoms with E-state index in [1.165, 1.54) is 19.1 Å². The average Bonchev–Trinajstić information content (AvgIpc) is 2.11. The number of rotatable bonds is 2. The van der Waals surface area contributed by atoms with Crippen LogP contribution in [-0.4, -0.2) is 27.4 Å². The quantitative estimate of drug-likeness (QED) is 0.285. The molecule has 0 saturated heterocycles. The van der Waals surface area contributed by atoms with Crippen molar-refractivity contribution >= 4 is 12.0 Å². The van der Waals surface area contributed by atoms with Crippen LogP contribution in [-0.2, 0) is 0 Å². The highest BCUT2D eigenvalue weighted by molar-refractivity contribution is 6.01. The first-order chi connectivity index (χ1) is 6.57. The maximum atomic E-state index is 11.0. The summed E-state index contributed by atoms with van der Waals surface area (Å²) in [5, 5.41) is 29.7. The SMILES string of the molecule is CC(=O)c1ccc(O)c(/C=N/O)c1O. The van der Waals surface area contributed by atoms with Crippen LogP contribution >= 0.6 is 0 Å². The zero-order chi connectivity index (χ0) is 10.7. The van der Waals surface area contributed by atoms with Crippen LogP contribution in [0, 0.1) is 0 Å². The minimum atomic E-state index is -0.393. The number of phenols is 2. The third-order valence-corrected chi connectivity index (χ3v) is 1.76. The Kier molecular flexibility index (Phi) is 2.71. The van der Waals surface area contributed by atoms with Crippen molar-refractivity contribution in [1.29, 1.82) is 0 Å². The molecule has 1 aromatic carbocycles. The Hall–Kier alpha value is -2.04. The first kappa shape index (κ1) is 10.0. The highest BCUT2D eigenvalue weighted by Crippen LogP contribution is 2.29. The van der Waals surface area contributed by atoms with Gasteiger partial charge in [-0.05, 0) is 19.1 Å². The smallest absolute Gasteiger partial charge is 0.163 e. The van der Waals surface area contributed by atoms with Crippen molar-refractivity contribution in [2.75, 3.05) is 0 Å². The van der Waals surface area contributed by atoms with Gasteiger partial charge < -0.3 is 15.4 Å². The van der Waals surface area contributed by atoms with Gasteiger partial charge in [-0.1, -0.05) is 5.16 Å². The Balaban J connectivity index is 3.40. The van der Waals surface area contributed by atoms with E-state index in [-0.39, 0.29) is 22.7 Å². The van der Waals surface area contributed by atoms with Gasteiger partial charge in [0.2, 0.25) is 0 Å². The molecule has 5 nitrogen and oxygen atoms in total. The van der Waals surface area contributed by atoms with Gasteiger partial charge in [0.05, 0.1) is 17.3 Å². The molecule has 14 heavy (non-hydrogen) atoms. The van der Waals surface area contributed by atoms with E-state index in [4.69, 9.17) is 5.21 Å². The number of hydrogen-bond donors (Lipinski definition) is 3. The van der Waals surface area contributed by atoms with Gasteiger partial charge in [-0.3, -0.25) is 4.79 Å². The molecular weight excluding hydrogens is 186 g/mol. The van der Waals surface area contributed by atoms with Crippen LogP contribution in [0.2, 0.25) is 0 Å². The molecule has 0 fully saturated rings. The largest absolute Gasteiger partial charge is 0.507 e. The number of hydrogen-bond acceptors (Lipinski definition) is 5. The van der Waals surface area contributed by atoms with Crippen molar-refractivity contribution in [3.05, 3.63) is 23.3 Å². The lowest BCUT2D eigenvalue weighted by Crippen LogP contribution is -1.96. The topological polar surface area (TPSA) is 90.1 Å². The summed E-state index contributed by atoms with van der Waals surface area (Å²) in [5.74, 6) is -0.990. The Labute approximate surface area is 79.9 Å². The summed E-state index contributed by atoms with van der Waals surface area (Å²) in [7, 11) is 0. The van der Waals surface area contributed by atoms with Crippen LogP contribution < -0.4 is 0 Å². The predicted octanol–water partition coefficient (Wildman–Crippen LogP) is 1.11. The molecule has 0 aliphatic rings. The van der Waals surface area contributed by atoms with Crippen LogP contribution in [0.1, 0.15) is 22.8 Å². The molecule has 74 valence electrons. The summed E-state index contributed by atoms with van der Waals surface area (Å²) in [6.07, 6.45) is 0.858. The Morgan fingerprint density at radius 2 is 2.07 bits per heavy atom. The molecule has 0 saturated carbocycles. The number of Topliss-reactive ketones (excluding diaryl/α,β-unsaturated/α-hetero) is 1. The second kappa shape index (κ2) is 3.78. The fourth-order valence-electron chi connectivity index (χ4n) is 1.07.